The highest BCUT2D eigenvalue weighted by Crippen LogP contribution is 2.00. The lowest BCUT2D eigenvalue weighted by Crippen LogP contribution is -1.98. The molecule has 3 nitrogen and oxygen atoms in total. The number of hydrogen-bond acceptors (Lipinski definition) is 3. The predicted octanol–water partition coefficient (Wildman–Crippen LogP) is 1.12. The molecule has 0 aromatic heterocycles. The summed E-state index contributed by atoms with van der Waals surface area (Å²) < 4.78 is 9.88. The van der Waals surface area contributed by atoms with Gasteiger partial charge >= 0.3 is 5.97 Å². The molecule has 58 valence electrons. The van der Waals surface area contributed by atoms with Crippen molar-refractivity contribution < 1.29 is 14.3 Å². The Kier molecular flexibility index (Phi) is 5.38. The molecule has 0 saturated heterocycles. The number of alkyl halides is 1. The summed E-state index contributed by atoms with van der Waals surface area (Å²) in [5.74, 6) is 0.237. The van der Waals surface area contributed by atoms with Gasteiger partial charge in [-0.15, -0.1) is 0 Å². The summed E-state index contributed by atoms with van der Waals surface area (Å²) in [5, 5.41) is 0. The quantitative estimate of drug-likeness (QED) is 0.249. The summed E-state index contributed by atoms with van der Waals surface area (Å²) in [6.45, 7) is 0. The number of rotatable bonds is 3. The van der Waals surface area contributed by atoms with Gasteiger partial charge in [-0.25, -0.2) is 4.79 Å². The lowest BCUT2D eigenvalue weighted by molar-refractivity contribution is -0.135. The fourth-order valence-corrected chi connectivity index (χ4v) is 0.874. The van der Waals surface area contributed by atoms with E-state index in [1.807, 2.05) is 0 Å². The second kappa shape index (κ2) is 5.52. The number of carbonyl (C=O) groups excluding carboxylic acids is 1. The number of allylic oxidation sites excluding steroid dienone is 1. The Morgan fingerprint density at radius 2 is 2.10 bits per heavy atom. The fourth-order valence-electron chi connectivity index (χ4n) is 0.342. The third-order valence-electron chi connectivity index (χ3n) is 0.874. The number of hydrogen-bond donors (Lipinski definition) is 0. The monoisotopic (exact) mass is 256 g/mol. The van der Waals surface area contributed by atoms with E-state index in [-0.39, 0.29) is 5.97 Å². The molecule has 0 amide bonds. The van der Waals surface area contributed by atoms with Crippen molar-refractivity contribution >= 4 is 28.6 Å². The van der Waals surface area contributed by atoms with Gasteiger partial charge < -0.3 is 9.47 Å². The van der Waals surface area contributed by atoms with Crippen molar-refractivity contribution in [3.8, 4) is 0 Å². The highest BCUT2D eigenvalue weighted by atomic mass is 127. The number of esters is 1. The molecule has 0 atom stereocenters. The van der Waals surface area contributed by atoms with Crippen LogP contribution in [0.5, 0.6) is 0 Å². The smallest absolute Gasteiger partial charge is 0.333 e. The topological polar surface area (TPSA) is 35.5 Å². The Labute approximate surface area is 73.5 Å². The number of ether oxygens (including phenoxy) is 2. The second-order valence-electron chi connectivity index (χ2n) is 1.47. The van der Waals surface area contributed by atoms with Crippen molar-refractivity contribution in [2.24, 2.45) is 0 Å². The average molecular weight is 256 g/mol. The van der Waals surface area contributed by atoms with E-state index in [2.05, 4.69) is 27.3 Å². The van der Waals surface area contributed by atoms with E-state index in [4.69, 9.17) is 4.74 Å². The zero-order chi connectivity index (χ0) is 7.98. The van der Waals surface area contributed by atoms with Gasteiger partial charge in [-0.2, -0.15) is 0 Å². The van der Waals surface area contributed by atoms with Crippen LogP contribution in [0.4, 0.5) is 0 Å². The van der Waals surface area contributed by atoms with E-state index in [1.165, 1.54) is 20.3 Å². The van der Waals surface area contributed by atoms with Crippen LogP contribution in [0.3, 0.4) is 0 Å². The van der Waals surface area contributed by atoms with Gasteiger partial charge in [0.25, 0.3) is 0 Å². The third-order valence-corrected chi connectivity index (χ3v) is 1.63. The average Bonchev–Trinajstić information content (AvgIpc) is 1.99. The molecule has 0 saturated carbocycles. The van der Waals surface area contributed by atoms with Crippen LogP contribution < -0.4 is 0 Å². The van der Waals surface area contributed by atoms with Crippen molar-refractivity contribution in [1.29, 1.82) is 0 Å². The maximum Gasteiger partial charge on any atom is 0.333 e. The molecule has 0 unspecified atom stereocenters. The van der Waals surface area contributed by atoms with Crippen LogP contribution in [0.2, 0.25) is 0 Å². The SMILES string of the molecule is COC(=O)/C=C(/CI)OC. The van der Waals surface area contributed by atoms with E-state index < -0.39 is 0 Å². The fraction of sp³-hybridized carbons (Fsp3) is 0.500. The molecule has 10 heavy (non-hydrogen) atoms. The lowest BCUT2D eigenvalue weighted by Gasteiger charge is -1.99. The summed E-state index contributed by atoms with van der Waals surface area (Å²) in [6.07, 6.45) is 1.33. The molecule has 0 heterocycles. The van der Waals surface area contributed by atoms with E-state index in [1.54, 1.807) is 0 Å². The van der Waals surface area contributed by atoms with Crippen LogP contribution >= 0.6 is 22.6 Å². The first-order valence-electron chi connectivity index (χ1n) is 2.63. The van der Waals surface area contributed by atoms with Gasteiger partial charge in [0.15, 0.2) is 0 Å². The van der Waals surface area contributed by atoms with Gasteiger partial charge in [0.1, 0.15) is 5.76 Å². The van der Waals surface area contributed by atoms with Gasteiger partial charge in [-0.1, -0.05) is 22.6 Å². The van der Waals surface area contributed by atoms with Crippen LogP contribution in [-0.2, 0) is 14.3 Å². The Morgan fingerprint density at radius 3 is 2.40 bits per heavy atom. The second-order valence-corrected chi connectivity index (χ2v) is 2.23. The molecular formula is C6H9IO3. The van der Waals surface area contributed by atoms with Crippen LogP contribution in [0, 0.1) is 0 Å². The van der Waals surface area contributed by atoms with Crippen LogP contribution in [0.25, 0.3) is 0 Å². The standard InChI is InChI=1S/C6H9IO3/c1-9-5(4-7)3-6(8)10-2/h3H,4H2,1-2H3/b5-3-. The van der Waals surface area contributed by atoms with Gasteiger partial charge in [0.05, 0.1) is 24.7 Å². The molecular weight excluding hydrogens is 247 g/mol. The molecule has 0 bridgehead atoms. The van der Waals surface area contributed by atoms with Gasteiger partial charge in [-0.3, -0.25) is 0 Å². The van der Waals surface area contributed by atoms with Gasteiger partial charge in [0.2, 0.25) is 0 Å². The van der Waals surface area contributed by atoms with Crippen molar-refractivity contribution in [2.45, 2.75) is 0 Å². The minimum absolute atomic E-state index is 0.381. The minimum atomic E-state index is -0.381. The first-order chi connectivity index (χ1) is 4.74. The van der Waals surface area contributed by atoms with E-state index in [9.17, 15) is 4.79 Å². The first-order valence-corrected chi connectivity index (χ1v) is 4.15. The largest absolute Gasteiger partial charge is 0.500 e. The summed E-state index contributed by atoms with van der Waals surface area (Å²) >= 11 is 2.10. The summed E-state index contributed by atoms with van der Waals surface area (Å²) in [6, 6.07) is 0. The highest BCUT2D eigenvalue weighted by Gasteiger charge is 1.98. The van der Waals surface area contributed by atoms with E-state index >= 15 is 0 Å². The predicted molar refractivity (Wildman–Crippen MR) is 46.0 cm³/mol. The number of methoxy groups -OCH3 is 2. The summed E-state index contributed by atoms with van der Waals surface area (Å²) in [5.41, 5.74) is 0. The summed E-state index contributed by atoms with van der Waals surface area (Å²) in [4.78, 5) is 10.6. The van der Waals surface area contributed by atoms with Crippen LogP contribution in [0.15, 0.2) is 11.8 Å². The number of halogens is 1. The molecule has 0 aromatic carbocycles. The maximum absolute atomic E-state index is 10.6. The van der Waals surface area contributed by atoms with E-state index in [0.717, 1.165) is 0 Å². The Balaban J connectivity index is 3.96. The number of carbonyl (C=O) groups is 1. The van der Waals surface area contributed by atoms with Gasteiger partial charge in [-0.05, 0) is 0 Å². The highest BCUT2D eigenvalue weighted by molar-refractivity contribution is 14.1. The Morgan fingerprint density at radius 1 is 1.50 bits per heavy atom. The van der Waals surface area contributed by atoms with Crippen molar-refractivity contribution in [3.63, 3.8) is 0 Å². The summed E-state index contributed by atoms with van der Waals surface area (Å²) in [7, 11) is 2.85. The molecule has 0 spiro atoms. The molecule has 0 radical (unpaired) electrons. The van der Waals surface area contributed by atoms with Gasteiger partial charge in [0, 0.05) is 0 Å². The zero-order valence-electron chi connectivity index (χ0n) is 5.89. The first kappa shape index (κ1) is 9.74. The third kappa shape index (κ3) is 3.71. The molecule has 4 heteroatoms. The molecule has 0 fully saturated rings. The normalized spacial score (nSPS) is 10.9. The zero-order valence-corrected chi connectivity index (χ0v) is 8.04. The van der Waals surface area contributed by atoms with Crippen molar-refractivity contribution in [2.75, 3.05) is 18.6 Å². The molecule has 0 aliphatic carbocycles. The van der Waals surface area contributed by atoms with Crippen molar-refractivity contribution in [3.05, 3.63) is 11.8 Å². The minimum Gasteiger partial charge on any atom is -0.500 e. The van der Waals surface area contributed by atoms with Crippen LogP contribution in [0.1, 0.15) is 0 Å². The van der Waals surface area contributed by atoms with Crippen molar-refractivity contribution in [1.82, 2.24) is 0 Å². The molecule has 0 aromatic rings. The lowest BCUT2D eigenvalue weighted by atomic mass is 10.5. The van der Waals surface area contributed by atoms with E-state index in [0.29, 0.717) is 10.2 Å². The molecule has 0 N–H and O–H groups in total. The molecule has 0 rings (SSSR count). The Hall–Kier alpha value is -0.260. The molecule has 0 aliphatic heterocycles. The Bertz CT molecular complexity index is 136. The molecule has 0 aliphatic rings. The maximum atomic E-state index is 10.6. The van der Waals surface area contributed by atoms with Crippen LogP contribution in [-0.4, -0.2) is 24.6 Å².